The van der Waals surface area contributed by atoms with E-state index in [2.05, 4.69) is 4.98 Å². The summed E-state index contributed by atoms with van der Waals surface area (Å²) in [6, 6.07) is 5.59. The fourth-order valence-corrected chi connectivity index (χ4v) is 3.26. The average Bonchev–Trinajstić information content (AvgIpc) is 3.13. The molecule has 0 unspecified atom stereocenters. The predicted molar refractivity (Wildman–Crippen MR) is 93.3 cm³/mol. The summed E-state index contributed by atoms with van der Waals surface area (Å²) in [5.41, 5.74) is 4.12. The van der Waals surface area contributed by atoms with Crippen LogP contribution in [0.15, 0.2) is 29.1 Å². The van der Waals surface area contributed by atoms with E-state index in [9.17, 15) is 9.59 Å². The highest BCUT2D eigenvalue weighted by Gasteiger charge is 2.29. The average molecular weight is 345 g/mol. The zero-order chi connectivity index (χ0) is 17.1. The van der Waals surface area contributed by atoms with Crippen LogP contribution in [0.4, 0.5) is 5.69 Å². The van der Waals surface area contributed by atoms with Crippen molar-refractivity contribution in [1.29, 1.82) is 0 Å². The van der Waals surface area contributed by atoms with Gasteiger partial charge in [-0.05, 0) is 32.0 Å². The molecule has 0 N–H and O–H groups in total. The minimum atomic E-state index is -0.210. The van der Waals surface area contributed by atoms with Gasteiger partial charge in [-0.25, -0.2) is 4.98 Å². The van der Waals surface area contributed by atoms with Crippen LogP contribution in [0.2, 0.25) is 0 Å². The van der Waals surface area contributed by atoms with Crippen molar-refractivity contribution in [2.45, 2.75) is 13.8 Å². The van der Waals surface area contributed by atoms with Gasteiger partial charge in [-0.3, -0.25) is 14.5 Å². The lowest BCUT2D eigenvalue weighted by Crippen LogP contribution is -2.46. The van der Waals surface area contributed by atoms with Gasteiger partial charge in [0, 0.05) is 24.0 Å². The van der Waals surface area contributed by atoms with Crippen molar-refractivity contribution >= 4 is 28.8 Å². The van der Waals surface area contributed by atoms with E-state index in [0.717, 1.165) is 11.3 Å². The Morgan fingerprint density at radius 1 is 1.38 bits per heavy atom. The Morgan fingerprint density at radius 3 is 2.83 bits per heavy atom. The third-order valence-corrected chi connectivity index (χ3v) is 4.63. The van der Waals surface area contributed by atoms with Crippen molar-refractivity contribution in [2.75, 3.05) is 31.1 Å². The van der Waals surface area contributed by atoms with Crippen molar-refractivity contribution in [3.05, 3.63) is 29.1 Å². The Labute approximate surface area is 144 Å². The third kappa shape index (κ3) is 3.12. The van der Waals surface area contributed by atoms with Crippen LogP contribution in [0.25, 0.3) is 11.3 Å². The topological polar surface area (TPSA) is 62.7 Å². The van der Waals surface area contributed by atoms with Crippen LogP contribution in [0.3, 0.4) is 0 Å². The van der Waals surface area contributed by atoms with Gasteiger partial charge in [-0.15, -0.1) is 11.3 Å². The Kier molecular flexibility index (Phi) is 4.80. The second kappa shape index (κ2) is 7.00. The van der Waals surface area contributed by atoms with Crippen LogP contribution in [0.5, 0.6) is 5.75 Å². The molecule has 1 aliphatic rings. The Morgan fingerprint density at radius 2 is 2.17 bits per heavy atom. The maximum Gasteiger partial charge on any atom is 0.265 e. The number of rotatable bonds is 5. The van der Waals surface area contributed by atoms with Gasteiger partial charge in [0.05, 0.1) is 16.9 Å². The van der Waals surface area contributed by atoms with Crippen molar-refractivity contribution in [1.82, 2.24) is 9.88 Å². The SMILES string of the molecule is CCN(CC)C(=O)CN1C(=O)COc2ccc(-c3cscn3)cc21. The van der Waals surface area contributed by atoms with Gasteiger partial charge in [0.15, 0.2) is 6.61 Å². The van der Waals surface area contributed by atoms with Crippen molar-refractivity contribution < 1.29 is 14.3 Å². The molecule has 2 amide bonds. The molecule has 0 atom stereocenters. The standard InChI is InChI=1S/C17H19N3O3S/c1-3-19(4-2)16(21)8-20-14-7-12(13-10-24-11-18-13)5-6-15(14)23-9-17(20)22/h5-7,10-11H,3-4,8-9H2,1-2H3. The number of carbonyl (C=O) groups is 2. The summed E-state index contributed by atoms with van der Waals surface area (Å²) in [6.07, 6.45) is 0. The molecule has 126 valence electrons. The molecular formula is C17H19N3O3S. The lowest BCUT2D eigenvalue weighted by molar-refractivity contribution is -0.131. The third-order valence-electron chi connectivity index (χ3n) is 4.04. The highest BCUT2D eigenvalue weighted by molar-refractivity contribution is 7.07. The van der Waals surface area contributed by atoms with Crippen LogP contribution < -0.4 is 9.64 Å². The molecule has 0 saturated carbocycles. The second-order valence-electron chi connectivity index (χ2n) is 5.39. The fourth-order valence-electron chi connectivity index (χ4n) is 2.70. The normalized spacial score (nSPS) is 13.4. The molecule has 2 heterocycles. The largest absolute Gasteiger partial charge is 0.482 e. The van der Waals surface area contributed by atoms with Crippen molar-refractivity contribution in [3.8, 4) is 17.0 Å². The summed E-state index contributed by atoms with van der Waals surface area (Å²) >= 11 is 1.51. The number of aromatic nitrogens is 1. The molecule has 1 aromatic heterocycles. The lowest BCUT2D eigenvalue weighted by Gasteiger charge is -2.31. The van der Waals surface area contributed by atoms with Gasteiger partial charge in [0.1, 0.15) is 12.3 Å². The summed E-state index contributed by atoms with van der Waals surface area (Å²) in [5, 5.41) is 1.94. The maximum absolute atomic E-state index is 12.4. The number of likely N-dealkylation sites (N-methyl/N-ethyl adjacent to an activating group) is 1. The Balaban J connectivity index is 1.92. The van der Waals surface area contributed by atoms with E-state index in [0.29, 0.717) is 24.5 Å². The quantitative estimate of drug-likeness (QED) is 0.835. The number of anilines is 1. The number of benzene rings is 1. The van der Waals surface area contributed by atoms with Gasteiger partial charge in [0.2, 0.25) is 5.91 Å². The molecule has 24 heavy (non-hydrogen) atoms. The predicted octanol–water partition coefficient (Wildman–Crippen LogP) is 2.40. The first-order valence-electron chi connectivity index (χ1n) is 7.87. The summed E-state index contributed by atoms with van der Waals surface area (Å²) in [4.78, 5) is 32.2. The monoisotopic (exact) mass is 345 g/mol. The van der Waals surface area contributed by atoms with E-state index in [1.54, 1.807) is 10.4 Å². The lowest BCUT2D eigenvalue weighted by atomic mass is 10.1. The molecule has 3 rings (SSSR count). The van der Waals surface area contributed by atoms with E-state index in [1.807, 2.05) is 37.4 Å². The minimum Gasteiger partial charge on any atom is -0.482 e. The molecule has 1 aromatic carbocycles. The number of thiazole rings is 1. The highest BCUT2D eigenvalue weighted by atomic mass is 32.1. The molecule has 0 radical (unpaired) electrons. The van der Waals surface area contributed by atoms with Crippen molar-refractivity contribution in [3.63, 3.8) is 0 Å². The molecule has 0 saturated heterocycles. The summed E-state index contributed by atoms with van der Waals surface area (Å²) in [6.45, 7) is 5.08. The van der Waals surface area contributed by atoms with Gasteiger partial charge in [-0.2, -0.15) is 0 Å². The molecule has 0 fully saturated rings. The zero-order valence-electron chi connectivity index (χ0n) is 13.7. The summed E-state index contributed by atoms with van der Waals surface area (Å²) in [5.74, 6) is 0.333. The number of hydrogen-bond donors (Lipinski definition) is 0. The van der Waals surface area contributed by atoms with E-state index >= 15 is 0 Å². The van der Waals surface area contributed by atoms with Crippen LogP contribution in [-0.2, 0) is 9.59 Å². The van der Waals surface area contributed by atoms with Gasteiger partial charge >= 0.3 is 0 Å². The van der Waals surface area contributed by atoms with Gasteiger partial charge < -0.3 is 9.64 Å². The fraction of sp³-hybridized carbons (Fsp3) is 0.353. The van der Waals surface area contributed by atoms with E-state index in [4.69, 9.17) is 4.74 Å². The summed E-state index contributed by atoms with van der Waals surface area (Å²) in [7, 11) is 0. The van der Waals surface area contributed by atoms with E-state index in [-0.39, 0.29) is 25.0 Å². The van der Waals surface area contributed by atoms with Crippen LogP contribution in [0, 0.1) is 0 Å². The molecule has 7 heteroatoms. The van der Waals surface area contributed by atoms with E-state index in [1.165, 1.54) is 16.2 Å². The molecule has 6 nitrogen and oxygen atoms in total. The highest BCUT2D eigenvalue weighted by Crippen LogP contribution is 2.35. The number of nitrogens with zero attached hydrogens (tertiary/aromatic N) is 3. The van der Waals surface area contributed by atoms with Crippen LogP contribution >= 0.6 is 11.3 Å². The minimum absolute atomic E-state index is 0.0252. The maximum atomic E-state index is 12.4. The van der Waals surface area contributed by atoms with Crippen LogP contribution in [-0.4, -0.2) is 47.9 Å². The van der Waals surface area contributed by atoms with Crippen LogP contribution in [0.1, 0.15) is 13.8 Å². The summed E-state index contributed by atoms with van der Waals surface area (Å²) < 4.78 is 5.50. The molecule has 0 bridgehead atoms. The smallest absolute Gasteiger partial charge is 0.265 e. The molecule has 2 aromatic rings. The first kappa shape index (κ1) is 16.4. The number of carbonyl (C=O) groups excluding carboxylic acids is 2. The zero-order valence-corrected chi connectivity index (χ0v) is 14.5. The van der Waals surface area contributed by atoms with Gasteiger partial charge in [-0.1, -0.05) is 0 Å². The molecule has 0 aliphatic carbocycles. The first-order chi connectivity index (χ1) is 11.6. The Hall–Kier alpha value is -2.41. The number of ether oxygens (including phenoxy) is 1. The first-order valence-corrected chi connectivity index (χ1v) is 8.81. The van der Waals surface area contributed by atoms with Crippen molar-refractivity contribution in [2.24, 2.45) is 0 Å². The number of hydrogen-bond acceptors (Lipinski definition) is 5. The van der Waals surface area contributed by atoms with E-state index < -0.39 is 0 Å². The molecule has 0 spiro atoms. The Bertz CT molecular complexity index is 742. The number of fused-ring (bicyclic) bond motifs is 1. The van der Waals surface area contributed by atoms with Gasteiger partial charge in [0.25, 0.3) is 5.91 Å². The molecular weight excluding hydrogens is 326 g/mol. The number of amides is 2. The second-order valence-corrected chi connectivity index (χ2v) is 6.11. The molecule has 1 aliphatic heterocycles.